The Morgan fingerprint density at radius 3 is 2.65 bits per heavy atom. The summed E-state index contributed by atoms with van der Waals surface area (Å²) in [5.41, 5.74) is -0.375. The van der Waals surface area contributed by atoms with Crippen LogP contribution in [0, 0.1) is 0 Å². The monoisotopic (exact) mass is 326 g/mol. The fourth-order valence-electron chi connectivity index (χ4n) is 3.30. The standard InChI is InChI=1S/C16H17F3N2O2/c1-10-14(22)20-7-3-6-13(20)15(23)21(10)9-11-4-2-5-12(8-11)16(17,18)19/h2,4-5,8,10,13H,3,6-7,9H2,1H3/t10-,13+/m0/s1. The maximum absolute atomic E-state index is 12.8. The molecule has 2 saturated heterocycles. The largest absolute Gasteiger partial charge is 0.416 e. The number of halogens is 3. The van der Waals surface area contributed by atoms with E-state index in [9.17, 15) is 22.8 Å². The Bertz CT molecular complexity index is 644. The molecule has 7 heteroatoms. The first-order chi connectivity index (χ1) is 10.8. The van der Waals surface area contributed by atoms with Gasteiger partial charge in [-0.05, 0) is 37.5 Å². The van der Waals surface area contributed by atoms with Crippen LogP contribution in [-0.2, 0) is 22.3 Å². The third-order valence-electron chi connectivity index (χ3n) is 4.54. The van der Waals surface area contributed by atoms with E-state index in [4.69, 9.17) is 0 Å². The van der Waals surface area contributed by atoms with Gasteiger partial charge in [0.2, 0.25) is 11.8 Å². The Labute approximate surface area is 131 Å². The number of carbonyl (C=O) groups is 2. The minimum atomic E-state index is -4.42. The normalized spacial score (nSPS) is 25.0. The molecule has 2 fully saturated rings. The second-order valence-corrected chi connectivity index (χ2v) is 6.03. The molecule has 3 rings (SSSR count). The summed E-state index contributed by atoms with van der Waals surface area (Å²) < 4.78 is 38.4. The van der Waals surface area contributed by atoms with Crippen LogP contribution in [0.1, 0.15) is 30.9 Å². The molecule has 2 atom stereocenters. The first-order valence-corrected chi connectivity index (χ1v) is 7.56. The SMILES string of the molecule is C[C@H]1C(=O)N2CCC[C@@H]2C(=O)N1Cc1cccc(C(F)(F)F)c1. The Hall–Kier alpha value is -2.05. The molecule has 4 nitrogen and oxygen atoms in total. The number of fused-ring (bicyclic) bond motifs is 1. The van der Waals surface area contributed by atoms with Gasteiger partial charge >= 0.3 is 6.18 Å². The molecule has 2 heterocycles. The summed E-state index contributed by atoms with van der Waals surface area (Å²) in [4.78, 5) is 27.9. The van der Waals surface area contributed by atoms with Crippen molar-refractivity contribution in [1.82, 2.24) is 9.80 Å². The van der Waals surface area contributed by atoms with Crippen LogP contribution in [0.4, 0.5) is 13.2 Å². The van der Waals surface area contributed by atoms with Crippen LogP contribution in [-0.4, -0.2) is 40.2 Å². The van der Waals surface area contributed by atoms with E-state index in [0.29, 0.717) is 18.5 Å². The topological polar surface area (TPSA) is 40.6 Å². The van der Waals surface area contributed by atoms with E-state index in [2.05, 4.69) is 0 Å². The number of hydrogen-bond donors (Lipinski definition) is 0. The molecular formula is C16H17F3N2O2. The zero-order valence-electron chi connectivity index (χ0n) is 12.6. The summed E-state index contributed by atoms with van der Waals surface area (Å²) in [5, 5.41) is 0. The molecule has 0 N–H and O–H groups in total. The Morgan fingerprint density at radius 2 is 1.96 bits per heavy atom. The van der Waals surface area contributed by atoms with Gasteiger partial charge in [0.15, 0.2) is 0 Å². The van der Waals surface area contributed by atoms with E-state index in [1.165, 1.54) is 11.0 Å². The van der Waals surface area contributed by atoms with Gasteiger partial charge in [-0.15, -0.1) is 0 Å². The van der Waals surface area contributed by atoms with E-state index in [-0.39, 0.29) is 18.4 Å². The predicted octanol–water partition coefficient (Wildman–Crippen LogP) is 2.43. The molecule has 0 aromatic heterocycles. The minimum Gasteiger partial charge on any atom is -0.329 e. The van der Waals surface area contributed by atoms with Crippen molar-refractivity contribution >= 4 is 11.8 Å². The van der Waals surface area contributed by atoms with Crippen LogP contribution in [0.2, 0.25) is 0 Å². The molecule has 0 aliphatic carbocycles. The van der Waals surface area contributed by atoms with Crippen molar-refractivity contribution in [1.29, 1.82) is 0 Å². The fraction of sp³-hybridized carbons (Fsp3) is 0.500. The van der Waals surface area contributed by atoms with Crippen molar-refractivity contribution in [3.05, 3.63) is 35.4 Å². The van der Waals surface area contributed by atoms with Crippen molar-refractivity contribution in [2.75, 3.05) is 6.54 Å². The molecule has 0 unspecified atom stereocenters. The summed E-state index contributed by atoms with van der Waals surface area (Å²) in [6, 6.07) is 3.79. The Morgan fingerprint density at radius 1 is 1.22 bits per heavy atom. The number of carbonyl (C=O) groups excluding carboxylic acids is 2. The molecule has 1 aromatic carbocycles. The highest BCUT2D eigenvalue weighted by atomic mass is 19.4. The lowest BCUT2D eigenvalue weighted by molar-refractivity contribution is -0.159. The lowest BCUT2D eigenvalue weighted by atomic mass is 10.0. The first-order valence-electron chi connectivity index (χ1n) is 7.56. The van der Waals surface area contributed by atoms with Crippen molar-refractivity contribution in [3.63, 3.8) is 0 Å². The third-order valence-corrected chi connectivity index (χ3v) is 4.54. The van der Waals surface area contributed by atoms with Crippen LogP contribution in [0.3, 0.4) is 0 Å². The molecule has 2 aliphatic rings. The second kappa shape index (κ2) is 5.54. The zero-order valence-corrected chi connectivity index (χ0v) is 12.6. The van der Waals surface area contributed by atoms with Gasteiger partial charge in [0.05, 0.1) is 5.56 Å². The van der Waals surface area contributed by atoms with Crippen LogP contribution in [0.5, 0.6) is 0 Å². The van der Waals surface area contributed by atoms with Gasteiger partial charge in [0.1, 0.15) is 12.1 Å². The van der Waals surface area contributed by atoms with E-state index >= 15 is 0 Å². The van der Waals surface area contributed by atoms with Crippen molar-refractivity contribution in [3.8, 4) is 0 Å². The van der Waals surface area contributed by atoms with Gasteiger partial charge in [0, 0.05) is 13.1 Å². The van der Waals surface area contributed by atoms with Gasteiger partial charge < -0.3 is 9.80 Å². The summed E-state index contributed by atoms with van der Waals surface area (Å²) in [6.07, 6.45) is -3.02. The van der Waals surface area contributed by atoms with E-state index in [1.54, 1.807) is 17.9 Å². The van der Waals surface area contributed by atoms with Gasteiger partial charge in [-0.1, -0.05) is 12.1 Å². The molecule has 0 saturated carbocycles. The van der Waals surface area contributed by atoms with Crippen molar-refractivity contribution < 1.29 is 22.8 Å². The quantitative estimate of drug-likeness (QED) is 0.837. The van der Waals surface area contributed by atoms with Crippen LogP contribution >= 0.6 is 0 Å². The fourth-order valence-corrected chi connectivity index (χ4v) is 3.30. The van der Waals surface area contributed by atoms with Crippen LogP contribution < -0.4 is 0 Å². The van der Waals surface area contributed by atoms with E-state index in [0.717, 1.165) is 18.6 Å². The third kappa shape index (κ3) is 2.80. The maximum atomic E-state index is 12.8. The number of hydrogen-bond acceptors (Lipinski definition) is 2. The number of rotatable bonds is 2. The second-order valence-electron chi connectivity index (χ2n) is 6.03. The van der Waals surface area contributed by atoms with Crippen molar-refractivity contribution in [2.45, 2.75) is 44.6 Å². The van der Waals surface area contributed by atoms with Crippen LogP contribution in [0.25, 0.3) is 0 Å². The molecule has 23 heavy (non-hydrogen) atoms. The highest BCUT2D eigenvalue weighted by Gasteiger charge is 2.45. The zero-order chi connectivity index (χ0) is 16.8. The van der Waals surface area contributed by atoms with Crippen LogP contribution in [0.15, 0.2) is 24.3 Å². The minimum absolute atomic E-state index is 0.0139. The average molecular weight is 326 g/mol. The molecule has 0 spiro atoms. The Kier molecular flexibility index (Phi) is 3.82. The lowest BCUT2D eigenvalue weighted by Crippen LogP contribution is -2.61. The average Bonchev–Trinajstić information content (AvgIpc) is 2.99. The molecular weight excluding hydrogens is 309 g/mol. The number of amides is 2. The smallest absolute Gasteiger partial charge is 0.329 e. The van der Waals surface area contributed by atoms with Gasteiger partial charge in [-0.2, -0.15) is 13.2 Å². The van der Waals surface area contributed by atoms with E-state index in [1.807, 2.05) is 0 Å². The van der Waals surface area contributed by atoms with Gasteiger partial charge in [0.25, 0.3) is 0 Å². The highest BCUT2D eigenvalue weighted by Crippen LogP contribution is 2.31. The predicted molar refractivity (Wildman–Crippen MR) is 76.2 cm³/mol. The molecule has 2 aliphatic heterocycles. The number of alkyl halides is 3. The maximum Gasteiger partial charge on any atom is 0.416 e. The first kappa shape index (κ1) is 15.8. The number of nitrogens with zero attached hydrogens (tertiary/aromatic N) is 2. The van der Waals surface area contributed by atoms with E-state index < -0.39 is 23.8 Å². The molecule has 0 bridgehead atoms. The van der Waals surface area contributed by atoms with Crippen molar-refractivity contribution in [2.24, 2.45) is 0 Å². The number of benzene rings is 1. The molecule has 1 aromatic rings. The molecule has 124 valence electrons. The summed E-state index contributed by atoms with van der Waals surface area (Å²) in [6.45, 7) is 2.22. The molecule has 2 amide bonds. The highest BCUT2D eigenvalue weighted by molar-refractivity contribution is 5.97. The van der Waals surface area contributed by atoms with Gasteiger partial charge in [-0.3, -0.25) is 9.59 Å². The van der Waals surface area contributed by atoms with Gasteiger partial charge in [-0.25, -0.2) is 0 Å². The summed E-state index contributed by atoms with van der Waals surface area (Å²) in [5.74, 6) is -0.300. The molecule has 0 radical (unpaired) electrons. The number of piperazine rings is 1. The summed E-state index contributed by atoms with van der Waals surface area (Å²) in [7, 11) is 0. The Balaban J connectivity index is 1.84. The lowest BCUT2D eigenvalue weighted by Gasteiger charge is -2.41. The summed E-state index contributed by atoms with van der Waals surface area (Å²) >= 11 is 0.